The molecule has 1 atom stereocenters. The third-order valence-electron chi connectivity index (χ3n) is 3.91. The van der Waals surface area contributed by atoms with Gasteiger partial charge in [-0.2, -0.15) is 6.20 Å². The quantitative estimate of drug-likeness (QED) is 0.711. The number of hydrogen-bond acceptors (Lipinski definition) is 3. The number of nitrogens with zero attached hydrogens (tertiary/aromatic N) is 3. The standard InChI is InChI=1S/C20H20ClN5O/c1-14(23-6-7-24-19-12-26(2)13-19)15-4-3-5-18(9-15)25-20(27)16-8-17(21)11-22-10-16/h3-14,24H,1-2H3,(H,25,27). The minimum atomic E-state index is -0.258. The van der Waals surface area contributed by atoms with Crippen LogP contribution < -0.4 is 10.6 Å². The number of aromatic nitrogens is 1. The van der Waals surface area contributed by atoms with Crippen LogP contribution in [-0.2, 0) is 0 Å². The van der Waals surface area contributed by atoms with Crippen LogP contribution in [0.4, 0.5) is 5.69 Å². The molecule has 2 heterocycles. The van der Waals surface area contributed by atoms with E-state index in [1.807, 2.05) is 55.2 Å². The second-order valence-corrected chi connectivity index (χ2v) is 6.57. The lowest BCUT2D eigenvalue weighted by Gasteiger charge is -2.26. The van der Waals surface area contributed by atoms with Gasteiger partial charge in [-0.05, 0) is 24.4 Å². The van der Waals surface area contributed by atoms with Crippen LogP contribution in [0.15, 0.2) is 67.0 Å². The maximum absolute atomic E-state index is 12.3. The van der Waals surface area contributed by atoms with E-state index in [1.165, 1.54) is 12.4 Å². The number of hydrogen-bond donors (Lipinski definition) is 2. The first-order valence-corrected chi connectivity index (χ1v) is 8.81. The van der Waals surface area contributed by atoms with Crippen molar-refractivity contribution in [3.05, 3.63) is 88.5 Å². The van der Waals surface area contributed by atoms with Crippen molar-refractivity contribution in [1.82, 2.24) is 10.3 Å². The molecule has 0 saturated heterocycles. The van der Waals surface area contributed by atoms with Crippen LogP contribution in [0.1, 0.15) is 28.9 Å². The average molecular weight is 382 g/mol. The molecule has 1 aromatic carbocycles. The van der Waals surface area contributed by atoms with Crippen LogP contribution in [0.5, 0.6) is 0 Å². The van der Waals surface area contributed by atoms with Crippen molar-refractivity contribution in [2.75, 3.05) is 12.4 Å². The molecule has 3 rings (SSSR count). The Morgan fingerprint density at radius 2 is 2.15 bits per heavy atom. The first kappa shape index (κ1) is 18.7. The maximum Gasteiger partial charge on any atom is 0.257 e. The van der Waals surface area contributed by atoms with Gasteiger partial charge in [-0.1, -0.05) is 42.3 Å². The van der Waals surface area contributed by atoms with Crippen molar-refractivity contribution in [2.24, 2.45) is 0 Å². The fourth-order valence-electron chi connectivity index (χ4n) is 2.51. The molecule has 2 N–H and O–H groups in total. The first-order chi connectivity index (χ1) is 13.0. The van der Waals surface area contributed by atoms with E-state index >= 15 is 0 Å². The van der Waals surface area contributed by atoms with E-state index in [4.69, 9.17) is 11.6 Å². The number of carbonyl (C=O) groups is 1. The van der Waals surface area contributed by atoms with Gasteiger partial charge in [0.05, 0.1) is 10.6 Å². The van der Waals surface area contributed by atoms with Gasteiger partial charge in [0, 0.05) is 18.1 Å². The zero-order valence-corrected chi connectivity index (χ0v) is 15.8. The Bertz CT molecular complexity index is 935. The van der Waals surface area contributed by atoms with Crippen molar-refractivity contribution < 1.29 is 9.37 Å². The largest absolute Gasteiger partial charge is 0.683 e. The smallest absolute Gasteiger partial charge is 0.257 e. The molecule has 0 aliphatic carbocycles. The number of rotatable bonds is 7. The highest BCUT2D eigenvalue weighted by Crippen LogP contribution is 2.24. The van der Waals surface area contributed by atoms with Crippen LogP contribution in [0.2, 0.25) is 5.02 Å². The first-order valence-electron chi connectivity index (χ1n) is 8.43. The highest BCUT2D eigenvalue weighted by molar-refractivity contribution is 6.30. The number of nitrogens with one attached hydrogen (secondary N) is 2. The number of amides is 1. The number of carbonyl (C=O) groups excluding carboxylic acids is 1. The highest BCUT2D eigenvalue weighted by Gasteiger charge is 2.09. The molecule has 1 aliphatic heterocycles. The second kappa shape index (κ2) is 8.51. The number of halogens is 1. The van der Waals surface area contributed by atoms with Crippen LogP contribution in [0.3, 0.4) is 0 Å². The molecule has 0 bridgehead atoms. The molecule has 2 aromatic rings. The predicted molar refractivity (Wildman–Crippen MR) is 108 cm³/mol. The van der Waals surface area contributed by atoms with Crippen molar-refractivity contribution in [3.63, 3.8) is 0 Å². The number of pyridine rings is 1. The van der Waals surface area contributed by atoms with E-state index < -0.39 is 0 Å². The maximum atomic E-state index is 12.3. The normalized spacial score (nSPS) is 14.0. The molecule has 6 nitrogen and oxygen atoms in total. The molecule has 0 saturated carbocycles. The fraction of sp³-hybridized carbons (Fsp3) is 0.150. The summed E-state index contributed by atoms with van der Waals surface area (Å²) in [7, 11) is 1.97. The molecule has 1 unspecified atom stereocenters. The topological polar surface area (TPSA) is 71.1 Å². The van der Waals surface area contributed by atoms with Crippen LogP contribution >= 0.6 is 11.6 Å². The van der Waals surface area contributed by atoms with E-state index in [-0.39, 0.29) is 11.9 Å². The Hall–Kier alpha value is -3.12. The summed E-state index contributed by atoms with van der Waals surface area (Å²) in [6.07, 6.45) is 10.5. The third kappa shape index (κ3) is 5.18. The monoisotopic (exact) mass is 381 g/mol. The lowest BCUT2D eigenvalue weighted by Crippen LogP contribution is -2.21. The van der Waals surface area contributed by atoms with Gasteiger partial charge in [0.2, 0.25) is 0 Å². The van der Waals surface area contributed by atoms with Crippen LogP contribution in [-0.4, -0.2) is 28.7 Å². The van der Waals surface area contributed by atoms with Gasteiger partial charge in [0.15, 0.2) is 18.1 Å². The van der Waals surface area contributed by atoms with E-state index in [9.17, 15) is 4.79 Å². The summed E-state index contributed by atoms with van der Waals surface area (Å²) < 4.78 is 1.97. The van der Waals surface area contributed by atoms with Gasteiger partial charge in [-0.3, -0.25) is 9.78 Å². The molecule has 1 aliphatic rings. The Morgan fingerprint density at radius 3 is 2.89 bits per heavy atom. The number of allylic oxidation sites excluding steroid dienone is 1. The molecule has 0 radical (unpaired) electrons. The lowest BCUT2D eigenvalue weighted by atomic mass is 10.1. The summed E-state index contributed by atoms with van der Waals surface area (Å²) in [5.74, 6) is -0.258. The van der Waals surface area contributed by atoms with E-state index in [2.05, 4.69) is 20.9 Å². The van der Waals surface area contributed by atoms with Crippen molar-refractivity contribution >= 4 is 29.4 Å². The Morgan fingerprint density at radius 1 is 1.33 bits per heavy atom. The van der Waals surface area contributed by atoms with Gasteiger partial charge in [0.25, 0.3) is 5.91 Å². The molecule has 0 fully saturated rings. The Kier molecular flexibility index (Phi) is 5.88. The highest BCUT2D eigenvalue weighted by atomic mass is 35.5. The van der Waals surface area contributed by atoms with Crippen molar-refractivity contribution in [1.29, 1.82) is 0 Å². The zero-order chi connectivity index (χ0) is 19.2. The summed E-state index contributed by atoms with van der Waals surface area (Å²) in [6.45, 7) is 1.99. The molecule has 1 amide bonds. The fourth-order valence-corrected chi connectivity index (χ4v) is 2.68. The summed E-state index contributed by atoms with van der Waals surface area (Å²) in [6, 6.07) is 9.13. The summed E-state index contributed by atoms with van der Waals surface area (Å²) >= 11 is 5.88. The molecule has 27 heavy (non-hydrogen) atoms. The minimum absolute atomic E-state index is 0.0465. The molecular weight excluding hydrogens is 362 g/mol. The summed E-state index contributed by atoms with van der Waals surface area (Å²) in [4.78, 5) is 16.2. The molecule has 138 valence electrons. The molecule has 1 aromatic heterocycles. The predicted octanol–water partition coefficient (Wildman–Crippen LogP) is 4.05. The van der Waals surface area contributed by atoms with Gasteiger partial charge < -0.3 is 16.0 Å². The zero-order valence-electron chi connectivity index (χ0n) is 15.1. The van der Waals surface area contributed by atoms with Gasteiger partial charge >= 0.3 is 0 Å². The second-order valence-electron chi connectivity index (χ2n) is 6.14. The van der Waals surface area contributed by atoms with Gasteiger partial charge in [-0.15, -0.1) is 0 Å². The van der Waals surface area contributed by atoms with Crippen LogP contribution in [0.25, 0.3) is 5.32 Å². The Labute approximate surface area is 163 Å². The van der Waals surface area contributed by atoms with Crippen LogP contribution in [0, 0.1) is 0 Å². The number of benzene rings is 1. The number of anilines is 1. The van der Waals surface area contributed by atoms with E-state index in [1.54, 1.807) is 18.5 Å². The average Bonchev–Trinajstić information content (AvgIpc) is 2.63. The Balaban J connectivity index is 1.56. The van der Waals surface area contributed by atoms with Crippen molar-refractivity contribution in [3.8, 4) is 0 Å². The third-order valence-corrected chi connectivity index (χ3v) is 4.12. The van der Waals surface area contributed by atoms with E-state index in [0.717, 1.165) is 11.3 Å². The SMILES string of the molecule is CC([N-]C=CNC1=C[N+](C)=C1)c1cccc(NC(=O)c2cncc(Cl)c2)c1. The van der Waals surface area contributed by atoms with Crippen molar-refractivity contribution in [2.45, 2.75) is 13.0 Å². The molecule has 0 spiro atoms. The minimum Gasteiger partial charge on any atom is -0.683 e. The molecule has 7 heteroatoms. The van der Waals surface area contributed by atoms with E-state index in [0.29, 0.717) is 16.3 Å². The lowest BCUT2D eigenvalue weighted by molar-refractivity contribution is -0.429. The van der Waals surface area contributed by atoms with Gasteiger partial charge in [0.1, 0.15) is 7.05 Å². The van der Waals surface area contributed by atoms with Gasteiger partial charge in [-0.25, -0.2) is 4.58 Å². The molecular formula is C20H20ClN5O. The summed E-state index contributed by atoms with van der Waals surface area (Å²) in [5.41, 5.74) is 3.14. The summed E-state index contributed by atoms with van der Waals surface area (Å²) in [5, 5.41) is 10.9.